The molecule has 0 bridgehead atoms. The average molecular weight is 365 g/mol. The molecular weight excluding hydrogens is 346 g/mol. The summed E-state index contributed by atoms with van der Waals surface area (Å²) in [6.45, 7) is 0. The molecule has 0 saturated heterocycles. The van der Waals surface area contributed by atoms with E-state index in [1.54, 1.807) is 35.9 Å². The van der Waals surface area contributed by atoms with E-state index in [-0.39, 0.29) is 0 Å². The third-order valence-electron chi connectivity index (χ3n) is 4.59. The number of rotatable bonds is 5. The SMILES string of the molecule is NC(=O)c1ccnc(N(c2nc(-c3ccccn3)cs2)C2CCCC2)c1. The summed E-state index contributed by atoms with van der Waals surface area (Å²) in [6, 6.07) is 9.51. The third-order valence-corrected chi connectivity index (χ3v) is 5.43. The van der Waals surface area contributed by atoms with Gasteiger partial charge in [0.05, 0.1) is 5.69 Å². The van der Waals surface area contributed by atoms with Gasteiger partial charge in [0.25, 0.3) is 0 Å². The number of aromatic nitrogens is 3. The number of hydrogen-bond donors (Lipinski definition) is 1. The highest BCUT2D eigenvalue weighted by Crippen LogP contribution is 2.37. The zero-order chi connectivity index (χ0) is 17.9. The fourth-order valence-corrected chi connectivity index (χ4v) is 4.21. The molecule has 3 aromatic rings. The van der Waals surface area contributed by atoms with Crippen molar-refractivity contribution in [2.24, 2.45) is 5.73 Å². The Bertz CT molecular complexity index is 905. The predicted molar refractivity (Wildman–Crippen MR) is 102 cm³/mol. The minimum absolute atomic E-state index is 0.327. The van der Waals surface area contributed by atoms with Crippen LogP contribution in [0, 0.1) is 0 Å². The Morgan fingerprint density at radius 1 is 1.12 bits per heavy atom. The molecule has 4 rings (SSSR count). The molecule has 1 aliphatic carbocycles. The molecule has 2 N–H and O–H groups in total. The maximum Gasteiger partial charge on any atom is 0.248 e. The second kappa shape index (κ2) is 7.21. The largest absolute Gasteiger partial charge is 0.366 e. The van der Waals surface area contributed by atoms with Gasteiger partial charge in [-0.05, 0) is 37.1 Å². The number of primary amides is 1. The number of thiazole rings is 1. The lowest BCUT2D eigenvalue weighted by Crippen LogP contribution is -2.29. The van der Waals surface area contributed by atoms with Gasteiger partial charge >= 0.3 is 0 Å². The number of carbonyl (C=O) groups is 1. The first-order valence-corrected chi connectivity index (χ1v) is 9.52. The molecule has 0 atom stereocenters. The number of amides is 1. The van der Waals surface area contributed by atoms with Crippen LogP contribution in [-0.4, -0.2) is 26.9 Å². The molecular formula is C19H19N5OS. The highest BCUT2D eigenvalue weighted by molar-refractivity contribution is 7.14. The van der Waals surface area contributed by atoms with Crippen molar-refractivity contribution in [1.82, 2.24) is 15.0 Å². The number of nitrogens with zero attached hydrogens (tertiary/aromatic N) is 4. The molecule has 132 valence electrons. The Kier molecular flexibility index (Phi) is 4.62. The Hall–Kier alpha value is -2.80. The monoisotopic (exact) mass is 365 g/mol. The van der Waals surface area contributed by atoms with E-state index in [0.717, 1.165) is 35.2 Å². The third kappa shape index (κ3) is 3.30. The lowest BCUT2D eigenvalue weighted by Gasteiger charge is -2.27. The molecule has 0 aliphatic heterocycles. The minimum Gasteiger partial charge on any atom is -0.366 e. The fraction of sp³-hybridized carbons (Fsp3) is 0.263. The van der Waals surface area contributed by atoms with Crippen LogP contribution in [0.1, 0.15) is 36.0 Å². The summed E-state index contributed by atoms with van der Waals surface area (Å²) < 4.78 is 0. The molecule has 0 aromatic carbocycles. The van der Waals surface area contributed by atoms with Crippen molar-refractivity contribution in [3.63, 3.8) is 0 Å². The van der Waals surface area contributed by atoms with Crippen LogP contribution in [0.2, 0.25) is 0 Å². The van der Waals surface area contributed by atoms with Gasteiger partial charge in [0, 0.05) is 29.4 Å². The molecule has 3 aromatic heterocycles. The first kappa shape index (κ1) is 16.7. The van der Waals surface area contributed by atoms with Gasteiger partial charge in [0.15, 0.2) is 5.13 Å². The molecule has 1 saturated carbocycles. The topological polar surface area (TPSA) is 85.0 Å². The van der Waals surface area contributed by atoms with Crippen molar-refractivity contribution in [3.05, 3.63) is 53.7 Å². The van der Waals surface area contributed by atoms with Gasteiger partial charge in [-0.3, -0.25) is 14.7 Å². The summed E-state index contributed by atoms with van der Waals surface area (Å²) >= 11 is 1.57. The Morgan fingerprint density at radius 2 is 1.96 bits per heavy atom. The summed E-state index contributed by atoms with van der Waals surface area (Å²) in [7, 11) is 0. The minimum atomic E-state index is -0.451. The van der Waals surface area contributed by atoms with Crippen LogP contribution < -0.4 is 10.6 Å². The van der Waals surface area contributed by atoms with E-state index < -0.39 is 5.91 Å². The Balaban J connectivity index is 1.74. The van der Waals surface area contributed by atoms with E-state index in [0.29, 0.717) is 11.6 Å². The van der Waals surface area contributed by atoms with E-state index in [2.05, 4.69) is 14.9 Å². The van der Waals surface area contributed by atoms with Crippen LogP contribution in [-0.2, 0) is 0 Å². The van der Waals surface area contributed by atoms with Crippen LogP contribution in [0.15, 0.2) is 48.1 Å². The van der Waals surface area contributed by atoms with E-state index >= 15 is 0 Å². The van der Waals surface area contributed by atoms with Gasteiger partial charge in [0.1, 0.15) is 11.5 Å². The normalized spacial score (nSPS) is 14.5. The van der Waals surface area contributed by atoms with Crippen molar-refractivity contribution < 1.29 is 4.79 Å². The van der Waals surface area contributed by atoms with E-state index in [4.69, 9.17) is 10.7 Å². The lowest BCUT2D eigenvalue weighted by molar-refractivity contribution is 0.1000. The zero-order valence-corrected chi connectivity index (χ0v) is 15.0. The van der Waals surface area contributed by atoms with Crippen molar-refractivity contribution in [1.29, 1.82) is 0 Å². The van der Waals surface area contributed by atoms with Gasteiger partial charge < -0.3 is 5.73 Å². The van der Waals surface area contributed by atoms with Crippen LogP contribution in [0.5, 0.6) is 0 Å². The Labute approximate surface area is 155 Å². The van der Waals surface area contributed by atoms with E-state index in [1.165, 1.54) is 12.8 Å². The first-order valence-electron chi connectivity index (χ1n) is 8.64. The maximum absolute atomic E-state index is 11.6. The van der Waals surface area contributed by atoms with Crippen molar-refractivity contribution in [2.75, 3.05) is 4.90 Å². The second-order valence-electron chi connectivity index (χ2n) is 6.31. The van der Waals surface area contributed by atoms with Gasteiger partial charge in [-0.25, -0.2) is 9.97 Å². The molecule has 1 aliphatic rings. The molecule has 7 heteroatoms. The lowest BCUT2D eigenvalue weighted by atomic mass is 10.2. The van der Waals surface area contributed by atoms with Gasteiger partial charge in [0.2, 0.25) is 5.91 Å². The molecule has 0 radical (unpaired) electrons. The predicted octanol–water partition coefficient (Wildman–Crippen LogP) is 3.78. The first-order chi connectivity index (χ1) is 12.7. The molecule has 26 heavy (non-hydrogen) atoms. The van der Waals surface area contributed by atoms with Crippen LogP contribution >= 0.6 is 11.3 Å². The number of pyridine rings is 2. The Morgan fingerprint density at radius 3 is 2.69 bits per heavy atom. The molecule has 3 heterocycles. The molecule has 6 nitrogen and oxygen atoms in total. The summed E-state index contributed by atoms with van der Waals surface area (Å²) in [5, 5.41) is 2.88. The quantitative estimate of drug-likeness (QED) is 0.744. The van der Waals surface area contributed by atoms with E-state index in [9.17, 15) is 4.79 Å². The van der Waals surface area contributed by atoms with Gasteiger partial charge in [-0.2, -0.15) is 0 Å². The zero-order valence-electron chi connectivity index (χ0n) is 14.2. The summed E-state index contributed by atoms with van der Waals surface area (Å²) in [6.07, 6.45) is 7.94. The standard InChI is InChI=1S/C19H19N5OS/c20-18(25)13-8-10-22-17(11-13)24(14-5-1-2-6-14)19-23-16(12-26-19)15-7-3-4-9-21-15/h3-4,7-12,14H,1-2,5-6H2,(H2,20,25). The second-order valence-corrected chi connectivity index (χ2v) is 7.14. The molecule has 0 spiro atoms. The number of anilines is 2. The molecule has 0 unspecified atom stereocenters. The highest BCUT2D eigenvalue weighted by Gasteiger charge is 2.28. The fourth-order valence-electron chi connectivity index (χ4n) is 3.31. The highest BCUT2D eigenvalue weighted by atomic mass is 32.1. The summed E-state index contributed by atoms with van der Waals surface area (Å²) in [4.78, 5) is 27.4. The van der Waals surface area contributed by atoms with Crippen molar-refractivity contribution in [3.8, 4) is 11.4 Å². The number of nitrogens with two attached hydrogens (primary N) is 1. The molecule has 1 amide bonds. The van der Waals surface area contributed by atoms with Crippen molar-refractivity contribution in [2.45, 2.75) is 31.7 Å². The molecule has 1 fully saturated rings. The van der Waals surface area contributed by atoms with Gasteiger partial charge in [-0.15, -0.1) is 11.3 Å². The van der Waals surface area contributed by atoms with E-state index in [1.807, 2.05) is 23.6 Å². The average Bonchev–Trinajstić information content (AvgIpc) is 3.36. The number of carbonyl (C=O) groups excluding carboxylic acids is 1. The smallest absolute Gasteiger partial charge is 0.248 e. The van der Waals surface area contributed by atoms with Crippen LogP contribution in [0.3, 0.4) is 0 Å². The van der Waals surface area contributed by atoms with Crippen molar-refractivity contribution >= 4 is 28.2 Å². The van der Waals surface area contributed by atoms with Crippen LogP contribution in [0.4, 0.5) is 10.9 Å². The summed E-state index contributed by atoms with van der Waals surface area (Å²) in [5.74, 6) is 0.267. The number of hydrogen-bond acceptors (Lipinski definition) is 6. The summed E-state index contributed by atoms with van der Waals surface area (Å²) in [5.41, 5.74) is 7.60. The maximum atomic E-state index is 11.6. The van der Waals surface area contributed by atoms with Gasteiger partial charge in [-0.1, -0.05) is 18.9 Å². The van der Waals surface area contributed by atoms with Crippen LogP contribution in [0.25, 0.3) is 11.4 Å².